The van der Waals surface area contributed by atoms with Gasteiger partial charge in [-0.2, -0.15) is 0 Å². The molecule has 1 aliphatic rings. The first kappa shape index (κ1) is 9.00. The van der Waals surface area contributed by atoms with Crippen LogP contribution >= 0.6 is 0 Å². The van der Waals surface area contributed by atoms with E-state index in [9.17, 15) is 4.79 Å². The summed E-state index contributed by atoms with van der Waals surface area (Å²) in [6, 6.07) is -0.765. The van der Waals surface area contributed by atoms with E-state index in [4.69, 9.17) is 10.8 Å². The summed E-state index contributed by atoms with van der Waals surface area (Å²) in [5, 5.41) is 8.54. The van der Waals surface area contributed by atoms with Crippen LogP contribution in [0.5, 0.6) is 0 Å². The molecule has 3 nitrogen and oxygen atoms in total. The zero-order valence-electron chi connectivity index (χ0n) is 6.86. The van der Waals surface area contributed by atoms with Crippen molar-refractivity contribution in [2.24, 2.45) is 5.73 Å². The highest BCUT2D eigenvalue weighted by Crippen LogP contribution is 2.13. The second-order valence-electron chi connectivity index (χ2n) is 2.91. The number of hydrogen-bond acceptors (Lipinski definition) is 2. The SMILES string of the molecule is NC(CC1=CCCC=C1)C(=O)O. The molecule has 1 unspecified atom stereocenters. The lowest BCUT2D eigenvalue weighted by Gasteiger charge is -2.09. The Labute approximate surface area is 71.6 Å². The first-order valence-electron chi connectivity index (χ1n) is 4.04. The molecule has 0 spiro atoms. The molecule has 0 radical (unpaired) electrons. The van der Waals surface area contributed by atoms with Gasteiger partial charge in [-0.25, -0.2) is 0 Å². The molecule has 0 aromatic heterocycles. The number of carboxylic acids is 1. The predicted octanol–water partition coefficient (Wildman–Crippen LogP) is 1.06. The third-order valence-electron chi connectivity index (χ3n) is 1.84. The van der Waals surface area contributed by atoms with Gasteiger partial charge in [0.25, 0.3) is 0 Å². The van der Waals surface area contributed by atoms with Crippen LogP contribution in [0.4, 0.5) is 0 Å². The summed E-state index contributed by atoms with van der Waals surface area (Å²) >= 11 is 0. The highest BCUT2D eigenvalue weighted by Gasteiger charge is 2.12. The van der Waals surface area contributed by atoms with Gasteiger partial charge in [0.2, 0.25) is 0 Å². The van der Waals surface area contributed by atoms with Crippen molar-refractivity contribution in [3.63, 3.8) is 0 Å². The molecule has 12 heavy (non-hydrogen) atoms. The van der Waals surface area contributed by atoms with E-state index in [0.717, 1.165) is 18.4 Å². The maximum atomic E-state index is 10.4. The van der Waals surface area contributed by atoms with Gasteiger partial charge in [0.05, 0.1) is 0 Å². The van der Waals surface area contributed by atoms with Crippen molar-refractivity contribution in [3.05, 3.63) is 23.8 Å². The van der Waals surface area contributed by atoms with Crippen LogP contribution < -0.4 is 5.73 Å². The molecule has 0 heterocycles. The van der Waals surface area contributed by atoms with Crippen molar-refractivity contribution in [1.29, 1.82) is 0 Å². The molecule has 3 heteroatoms. The van der Waals surface area contributed by atoms with E-state index in [0.29, 0.717) is 6.42 Å². The van der Waals surface area contributed by atoms with Gasteiger partial charge in [-0.1, -0.05) is 23.8 Å². The summed E-state index contributed by atoms with van der Waals surface area (Å²) in [5.74, 6) is -0.935. The summed E-state index contributed by atoms with van der Waals surface area (Å²) in [5.41, 5.74) is 6.41. The molecule has 0 amide bonds. The normalized spacial score (nSPS) is 18.6. The van der Waals surface area contributed by atoms with Gasteiger partial charge in [-0.15, -0.1) is 0 Å². The Morgan fingerprint density at radius 1 is 1.67 bits per heavy atom. The molecule has 0 fully saturated rings. The van der Waals surface area contributed by atoms with Crippen LogP contribution in [0.15, 0.2) is 23.8 Å². The third-order valence-corrected chi connectivity index (χ3v) is 1.84. The summed E-state index contributed by atoms with van der Waals surface area (Å²) in [6.45, 7) is 0. The summed E-state index contributed by atoms with van der Waals surface area (Å²) in [6.07, 6.45) is 8.52. The van der Waals surface area contributed by atoms with E-state index in [1.54, 1.807) is 0 Å². The molecule has 0 aliphatic heterocycles. The smallest absolute Gasteiger partial charge is 0.320 e. The fourth-order valence-corrected chi connectivity index (χ4v) is 1.16. The fourth-order valence-electron chi connectivity index (χ4n) is 1.16. The van der Waals surface area contributed by atoms with Crippen molar-refractivity contribution in [1.82, 2.24) is 0 Å². The Morgan fingerprint density at radius 3 is 2.92 bits per heavy atom. The van der Waals surface area contributed by atoms with Crippen LogP contribution in [-0.4, -0.2) is 17.1 Å². The first-order valence-corrected chi connectivity index (χ1v) is 4.04. The Kier molecular flexibility index (Phi) is 3.05. The highest BCUT2D eigenvalue weighted by molar-refractivity contribution is 5.73. The summed E-state index contributed by atoms with van der Waals surface area (Å²) in [7, 11) is 0. The average molecular weight is 167 g/mol. The minimum atomic E-state index is -0.935. The van der Waals surface area contributed by atoms with Crippen molar-refractivity contribution in [2.45, 2.75) is 25.3 Å². The number of hydrogen-bond donors (Lipinski definition) is 2. The average Bonchev–Trinajstić information content (AvgIpc) is 2.06. The maximum absolute atomic E-state index is 10.4. The van der Waals surface area contributed by atoms with Crippen molar-refractivity contribution in [3.8, 4) is 0 Å². The van der Waals surface area contributed by atoms with Gasteiger partial charge in [-0.3, -0.25) is 4.79 Å². The van der Waals surface area contributed by atoms with Crippen LogP contribution in [0.1, 0.15) is 19.3 Å². The van der Waals surface area contributed by atoms with Gasteiger partial charge >= 0.3 is 5.97 Å². The minimum absolute atomic E-state index is 0.436. The second kappa shape index (κ2) is 4.07. The molecule has 66 valence electrons. The quantitative estimate of drug-likeness (QED) is 0.660. The van der Waals surface area contributed by atoms with E-state index in [-0.39, 0.29) is 0 Å². The maximum Gasteiger partial charge on any atom is 0.320 e. The number of nitrogens with two attached hydrogens (primary N) is 1. The van der Waals surface area contributed by atoms with Gasteiger partial charge in [-0.05, 0) is 19.3 Å². The van der Waals surface area contributed by atoms with E-state index in [1.165, 1.54) is 0 Å². The zero-order valence-corrected chi connectivity index (χ0v) is 6.86. The van der Waals surface area contributed by atoms with Crippen LogP contribution in [0.25, 0.3) is 0 Å². The van der Waals surface area contributed by atoms with Crippen molar-refractivity contribution < 1.29 is 9.90 Å². The largest absolute Gasteiger partial charge is 0.480 e. The lowest BCUT2D eigenvalue weighted by atomic mass is 10.0. The first-order chi connectivity index (χ1) is 5.70. The number of rotatable bonds is 3. The van der Waals surface area contributed by atoms with E-state index in [2.05, 4.69) is 0 Å². The number of aliphatic carboxylic acids is 1. The molecule has 1 atom stereocenters. The van der Waals surface area contributed by atoms with Crippen LogP contribution in [0.3, 0.4) is 0 Å². The molecule has 3 N–H and O–H groups in total. The van der Waals surface area contributed by atoms with E-state index < -0.39 is 12.0 Å². The number of allylic oxidation sites excluding steroid dienone is 3. The third kappa shape index (κ3) is 2.51. The van der Waals surface area contributed by atoms with Gasteiger partial charge in [0.15, 0.2) is 0 Å². The molecule has 0 bridgehead atoms. The van der Waals surface area contributed by atoms with E-state index >= 15 is 0 Å². The molecular formula is C9H13NO2. The molecule has 0 aromatic rings. The van der Waals surface area contributed by atoms with Crippen LogP contribution in [0, 0.1) is 0 Å². The lowest BCUT2D eigenvalue weighted by molar-refractivity contribution is -0.138. The van der Waals surface area contributed by atoms with Crippen LogP contribution in [0.2, 0.25) is 0 Å². The van der Waals surface area contributed by atoms with Gasteiger partial charge < -0.3 is 10.8 Å². The molecule has 0 saturated heterocycles. The molecule has 0 saturated carbocycles. The Hall–Kier alpha value is -1.09. The molecule has 1 rings (SSSR count). The van der Waals surface area contributed by atoms with Gasteiger partial charge in [0.1, 0.15) is 6.04 Å². The standard InChI is InChI=1S/C9H13NO2/c10-8(9(11)12)6-7-4-2-1-3-5-7/h2,4-5,8H,1,3,6,10H2,(H,11,12). The lowest BCUT2D eigenvalue weighted by Crippen LogP contribution is -2.30. The number of carbonyl (C=O) groups is 1. The van der Waals surface area contributed by atoms with Crippen LogP contribution in [-0.2, 0) is 4.79 Å². The summed E-state index contributed by atoms with van der Waals surface area (Å²) in [4.78, 5) is 10.4. The Morgan fingerprint density at radius 2 is 2.42 bits per heavy atom. The van der Waals surface area contributed by atoms with Crippen molar-refractivity contribution >= 4 is 5.97 Å². The topological polar surface area (TPSA) is 63.3 Å². The fraction of sp³-hybridized carbons (Fsp3) is 0.444. The molecule has 1 aliphatic carbocycles. The molecular weight excluding hydrogens is 154 g/mol. The second-order valence-corrected chi connectivity index (χ2v) is 2.91. The summed E-state index contributed by atoms with van der Waals surface area (Å²) < 4.78 is 0. The zero-order chi connectivity index (χ0) is 8.97. The number of carboxylic acid groups (broad SMARTS) is 1. The molecule has 0 aromatic carbocycles. The highest BCUT2D eigenvalue weighted by atomic mass is 16.4. The predicted molar refractivity (Wildman–Crippen MR) is 46.7 cm³/mol. The van der Waals surface area contributed by atoms with Gasteiger partial charge in [0, 0.05) is 0 Å². The Bertz CT molecular complexity index is 231. The minimum Gasteiger partial charge on any atom is -0.480 e. The van der Waals surface area contributed by atoms with Crippen molar-refractivity contribution in [2.75, 3.05) is 0 Å². The van der Waals surface area contributed by atoms with E-state index in [1.807, 2.05) is 18.2 Å². The Balaban J connectivity index is 2.45. The monoisotopic (exact) mass is 167 g/mol.